The summed E-state index contributed by atoms with van der Waals surface area (Å²) in [5.41, 5.74) is 8.66. The van der Waals surface area contributed by atoms with Crippen molar-refractivity contribution in [3.63, 3.8) is 0 Å². The normalized spacial score (nSPS) is 10.6. The van der Waals surface area contributed by atoms with Crippen LogP contribution in [-0.2, 0) is 0 Å². The maximum Gasteiger partial charge on any atom is 0.232 e. The van der Waals surface area contributed by atoms with Gasteiger partial charge in [0.2, 0.25) is 23.8 Å². The van der Waals surface area contributed by atoms with Gasteiger partial charge in [-0.1, -0.05) is 60.7 Å². The lowest BCUT2D eigenvalue weighted by Gasteiger charge is -2.10. The lowest BCUT2D eigenvalue weighted by Crippen LogP contribution is -2.05. The molecule has 0 radical (unpaired) electrons. The summed E-state index contributed by atoms with van der Waals surface area (Å²) in [4.78, 5) is 26.3. The predicted molar refractivity (Wildman–Crippen MR) is 197 cm³/mol. The van der Waals surface area contributed by atoms with Crippen molar-refractivity contribution >= 4 is 52.6 Å². The average Bonchev–Trinajstić information content (AvgIpc) is 3.05. The molecule has 0 saturated heterocycles. The van der Waals surface area contributed by atoms with Gasteiger partial charge >= 0.3 is 0 Å². The van der Waals surface area contributed by atoms with Crippen LogP contribution in [0, 0.1) is 34.6 Å². The van der Waals surface area contributed by atoms with Crippen LogP contribution >= 0.6 is 0 Å². The van der Waals surface area contributed by atoms with E-state index in [1.54, 1.807) is 0 Å². The minimum absolute atomic E-state index is 0.517. The Morgan fingerprint density at radius 3 is 1.25 bits per heavy atom. The second-order valence-electron chi connectivity index (χ2n) is 11.2. The summed E-state index contributed by atoms with van der Waals surface area (Å²) in [6.45, 7) is 12.0. The van der Waals surface area contributed by atoms with Gasteiger partial charge in [0, 0.05) is 22.7 Å². The van der Waals surface area contributed by atoms with Gasteiger partial charge in [-0.2, -0.15) is 29.9 Å². The Bertz CT molecular complexity index is 1990. The number of hydrogen-bond donors (Lipinski definition) is 4. The van der Waals surface area contributed by atoms with Crippen LogP contribution in [0.25, 0.3) is 6.08 Å². The Labute approximate surface area is 281 Å². The lowest BCUT2D eigenvalue weighted by atomic mass is 10.1. The number of nitrogens with one attached hydrogen (secondary N) is 4. The van der Waals surface area contributed by atoms with Crippen molar-refractivity contribution in [3.05, 3.63) is 137 Å². The van der Waals surface area contributed by atoms with E-state index in [-0.39, 0.29) is 0 Å². The summed E-state index contributed by atoms with van der Waals surface area (Å²) in [6, 6.07) is 32.0. The van der Waals surface area contributed by atoms with E-state index in [4.69, 9.17) is 0 Å². The maximum atomic E-state index is 4.45. The number of aromatic nitrogens is 6. The first-order valence-electron chi connectivity index (χ1n) is 15.7. The van der Waals surface area contributed by atoms with Crippen molar-refractivity contribution in [3.8, 4) is 0 Å². The SMILES string of the molecule is C/C=C/c1ccc(Nc2nc(C)nc(Nc3ccccc3)n2)cc1C.Cc1nc(Nc2ccccc2)nc(Nc2ccc(C)c(C)c2)n1. The molecular weight excluding hydrogens is 596 g/mol. The van der Waals surface area contributed by atoms with Crippen molar-refractivity contribution in [1.29, 1.82) is 0 Å². The number of anilines is 8. The van der Waals surface area contributed by atoms with Crippen molar-refractivity contribution in [1.82, 2.24) is 29.9 Å². The van der Waals surface area contributed by atoms with Gasteiger partial charge in [0.15, 0.2) is 0 Å². The highest BCUT2D eigenvalue weighted by molar-refractivity contribution is 5.63. The van der Waals surface area contributed by atoms with Gasteiger partial charge in [-0.3, -0.25) is 0 Å². The molecule has 4 N–H and O–H groups in total. The van der Waals surface area contributed by atoms with Crippen LogP contribution in [0.3, 0.4) is 0 Å². The summed E-state index contributed by atoms with van der Waals surface area (Å²) in [5, 5.41) is 12.9. The van der Waals surface area contributed by atoms with Gasteiger partial charge in [0.05, 0.1) is 0 Å². The first-order valence-corrected chi connectivity index (χ1v) is 15.7. The second kappa shape index (κ2) is 15.9. The molecular formula is C38H40N10. The van der Waals surface area contributed by atoms with Crippen LogP contribution in [0.15, 0.2) is 103 Å². The summed E-state index contributed by atoms with van der Waals surface area (Å²) in [6.07, 6.45) is 4.13. The Morgan fingerprint density at radius 2 is 0.833 bits per heavy atom. The molecule has 0 aliphatic rings. The summed E-state index contributed by atoms with van der Waals surface area (Å²) < 4.78 is 0. The van der Waals surface area contributed by atoms with Gasteiger partial charge < -0.3 is 21.3 Å². The van der Waals surface area contributed by atoms with Gasteiger partial charge in [-0.15, -0.1) is 0 Å². The molecule has 48 heavy (non-hydrogen) atoms. The van der Waals surface area contributed by atoms with Crippen LogP contribution in [0.2, 0.25) is 0 Å². The summed E-state index contributed by atoms with van der Waals surface area (Å²) >= 11 is 0. The quantitative estimate of drug-likeness (QED) is 0.122. The molecule has 0 unspecified atom stereocenters. The molecule has 4 aromatic carbocycles. The van der Waals surface area contributed by atoms with E-state index in [0.29, 0.717) is 35.4 Å². The molecule has 10 heteroatoms. The van der Waals surface area contributed by atoms with Crippen LogP contribution in [0.4, 0.5) is 46.5 Å². The third-order valence-corrected chi connectivity index (χ3v) is 7.19. The molecule has 0 atom stereocenters. The fourth-order valence-corrected chi connectivity index (χ4v) is 4.69. The van der Waals surface area contributed by atoms with Crippen molar-refractivity contribution in [2.45, 2.75) is 41.5 Å². The fourth-order valence-electron chi connectivity index (χ4n) is 4.69. The summed E-state index contributed by atoms with van der Waals surface area (Å²) in [5.74, 6) is 3.39. The highest BCUT2D eigenvalue weighted by Gasteiger charge is 2.07. The smallest absolute Gasteiger partial charge is 0.232 e. The first-order chi connectivity index (χ1) is 23.2. The van der Waals surface area contributed by atoms with Gasteiger partial charge in [-0.05, 0) is 112 Å². The molecule has 10 nitrogen and oxygen atoms in total. The molecule has 6 rings (SSSR count). The number of rotatable bonds is 9. The van der Waals surface area contributed by atoms with E-state index in [1.165, 1.54) is 22.3 Å². The highest BCUT2D eigenvalue weighted by atomic mass is 15.2. The van der Waals surface area contributed by atoms with E-state index >= 15 is 0 Å². The monoisotopic (exact) mass is 636 g/mol. The van der Waals surface area contributed by atoms with Crippen LogP contribution < -0.4 is 21.3 Å². The minimum atomic E-state index is 0.517. The number of para-hydroxylation sites is 2. The predicted octanol–water partition coefficient (Wildman–Crippen LogP) is 9.29. The van der Waals surface area contributed by atoms with Gasteiger partial charge in [0.25, 0.3) is 0 Å². The molecule has 242 valence electrons. The zero-order valence-electron chi connectivity index (χ0n) is 28.1. The maximum absolute atomic E-state index is 4.45. The molecule has 2 aromatic heterocycles. The zero-order valence-corrected chi connectivity index (χ0v) is 28.1. The molecule has 6 aromatic rings. The van der Waals surface area contributed by atoms with Crippen molar-refractivity contribution in [2.75, 3.05) is 21.3 Å². The Balaban J connectivity index is 0.000000188. The largest absolute Gasteiger partial charge is 0.324 e. The molecule has 0 aliphatic carbocycles. The molecule has 0 amide bonds. The lowest BCUT2D eigenvalue weighted by molar-refractivity contribution is 0.988. The molecule has 0 saturated carbocycles. The Hall–Kier alpha value is -6.16. The average molecular weight is 637 g/mol. The molecule has 0 aliphatic heterocycles. The third-order valence-electron chi connectivity index (χ3n) is 7.19. The van der Waals surface area contributed by atoms with Crippen molar-refractivity contribution in [2.24, 2.45) is 0 Å². The van der Waals surface area contributed by atoms with E-state index in [1.807, 2.05) is 99.6 Å². The molecule has 0 spiro atoms. The van der Waals surface area contributed by atoms with E-state index in [9.17, 15) is 0 Å². The van der Waals surface area contributed by atoms with Crippen LogP contribution in [0.1, 0.15) is 40.8 Å². The third kappa shape index (κ3) is 9.67. The number of aryl methyl sites for hydroxylation is 5. The van der Waals surface area contributed by atoms with E-state index in [2.05, 4.69) is 102 Å². The van der Waals surface area contributed by atoms with Crippen LogP contribution in [-0.4, -0.2) is 29.9 Å². The topological polar surface area (TPSA) is 125 Å². The first kappa shape index (κ1) is 33.2. The minimum Gasteiger partial charge on any atom is -0.324 e. The van der Waals surface area contributed by atoms with Crippen molar-refractivity contribution < 1.29 is 0 Å². The van der Waals surface area contributed by atoms with Crippen LogP contribution in [0.5, 0.6) is 0 Å². The molecule has 0 bridgehead atoms. The Morgan fingerprint density at radius 1 is 0.417 bits per heavy atom. The van der Waals surface area contributed by atoms with Gasteiger partial charge in [-0.25, -0.2) is 0 Å². The van der Waals surface area contributed by atoms with E-state index in [0.717, 1.165) is 22.7 Å². The highest BCUT2D eigenvalue weighted by Crippen LogP contribution is 2.22. The number of nitrogens with zero attached hydrogens (tertiary/aromatic N) is 6. The molecule has 0 fully saturated rings. The number of benzene rings is 4. The fraction of sp³-hybridized carbons (Fsp3) is 0.158. The van der Waals surface area contributed by atoms with E-state index < -0.39 is 0 Å². The standard InChI is InChI=1S/C20H21N5.C18H19N5/c1-4-8-16-11-12-18(13-14(16)2)24-20-22-15(3)21-19(25-20)23-17-9-6-5-7-10-17;1-12-9-10-16(11-13(12)2)22-18-20-14(3)19-17(23-18)21-15-7-5-4-6-8-15/h4-13H,1-3H3,(H2,21,22,23,24,25);4-11H,1-3H3,(H2,19,20,21,22,23)/b8-4+;. The Kier molecular flexibility index (Phi) is 11.0. The number of allylic oxidation sites excluding steroid dienone is 1. The molecule has 2 heterocycles. The van der Waals surface area contributed by atoms with Gasteiger partial charge in [0.1, 0.15) is 11.6 Å². The zero-order chi connectivity index (χ0) is 33.9. The second-order valence-corrected chi connectivity index (χ2v) is 11.2. The number of hydrogen-bond acceptors (Lipinski definition) is 10. The summed E-state index contributed by atoms with van der Waals surface area (Å²) in [7, 11) is 0.